The standard InChI is InChI=1S/C19H18N4O2/c1-23(2)17-9-8-16(21-22-17)19(24)25-18(14-6-4-3-5-7-14)15-10-12-20-13-11-15/h3-13,18H,1-2H3/t18-/m1/s1. The summed E-state index contributed by atoms with van der Waals surface area (Å²) >= 11 is 0. The van der Waals surface area contributed by atoms with Gasteiger partial charge in [-0.05, 0) is 29.8 Å². The van der Waals surface area contributed by atoms with Gasteiger partial charge in [-0.15, -0.1) is 10.2 Å². The molecule has 0 radical (unpaired) electrons. The Hall–Kier alpha value is -3.28. The number of pyridine rings is 1. The summed E-state index contributed by atoms with van der Waals surface area (Å²) < 4.78 is 5.73. The summed E-state index contributed by atoms with van der Waals surface area (Å²) in [7, 11) is 3.72. The Labute approximate surface area is 146 Å². The largest absolute Gasteiger partial charge is 0.448 e. The summed E-state index contributed by atoms with van der Waals surface area (Å²) in [4.78, 5) is 18.4. The van der Waals surface area contributed by atoms with Crippen molar-refractivity contribution in [3.8, 4) is 0 Å². The second-order valence-electron chi connectivity index (χ2n) is 5.65. The fourth-order valence-corrected chi connectivity index (χ4v) is 2.33. The van der Waals surface area contributed by atoms with E-state index in [9.17, 15) is 4.79 Å². The number of benzene rings is 1. The Morgan fingerprint density at radius 3 is 2.20 bits per heavy atom. The van der Waals surface area contributed by atoms with Gasteiger partial charge in [0.05, 0.1) is 0 Å². The topological polar surface area (TPSA) is 68.2 Å². The summed E-state index contributed by atoms with van der Waals surface area (Å²) in [6.45, 7) is 0. The maximum Gasteiger partial charge on any atom is 0.359 e. The lowest BCUT2D eigenvalue weighted by atomic mass is 10.0. The number of carbonyl (C=O) groups excluding carboxylic acids is 1. The molecule has 126 valence electrons. The molecule has 6 nitrogen and oxygen atoms in total. The van der Waals surface area contributed by atoms with E-state index in [1.165, 1.54) is 0 Å². The number of rotatable bonds is 5. The lowest BCUT2D eigenvalue weighted by molar-refractivity contribution is 0.0369. The molecule has 1 aromatic carbocycles. The lowest BCUT2D eigenvalue weighted by Crippen LogP contribution is -2.16. The molecule has 0 N–H and O–H groups in total. The molecule has 1 atom stereocenters. The number of anilines is 1. The van der Waals surface area contributed by atoms with E-state index in [0.717, 1.165) is 11.1 Å². The zero-order valence-corrected chi connectivity index (χ0v) is 14.0. The van der Waals surface area contributed by atoms with Crippen LogP contribution >= 0.6 is 0 Å². The monoisotopic (exact) mass is 334 g/mol. The summed E-state index contributed by atoms with van der Waals surface area (Å²) in [6.07, 6.45) is 2.81. The first-order valence-electron chi connectivity index (χ1n) is 7.82. The Bertz CT molecular complexity index is 782. The molecule has 2 aromatic heterocycles. The molecular formula is C19H18N4O2. The Kier molecular flexibility index (Phi) is 4.99. The van der Waals surface area contributed by atoms with E-state index in [1.54, 1.807) is 24.5 Å². The van der Waals surface area contributed by atoms with Gasteiger partial charge in [0, 0.05) is 32.1 Å². The molecular weight excluding hydrogens is 316 g/mol. The van der Waals surface area contributed by atoms with Gasteiger partial charge in [-0.25, -0.2) is 4.79 Å². The molecule has 3 aromatic rings. The summed E-state index contributed by atoms with van der Waals surface area (Å²) in [6, 6.07) is 16.6. The van der Waals surface area contributed by atoms with Crippen LogP contribution < -0.4 is 4.90 Å². The predicted octanol–water partition coefficient (Wildman–Crippen LogP) is 2.88. The second kappa shape index (κ2) is 7.53. The molecule has 0 amide bonds. The van der Waals surface area contributed by atoms with Gasteiger partial charge < -0.3 is 9.64 Å². The van der Waals surface area contributed by atoms with Crippen LogP contribution in [-0.2, 0) is 4.74 Å². The molecule has 6 heteroatoms. The Balaban J connectivity index is 1.86. The minimum atomic E-state index is -0.535. The first kappa shape index (κ1) is 16.6. The minimum Gasteiger partial charge on any atom is -0.448 e. The first-order chi connectivity index (χ1) is 12.1. The molecule has 0 saturated carbocycles. The zero-order valence-electron chi connectivity index (χ0n) is 14.0. The molecule has 0 aliphatic heterocycles. The highest BCUT2D eigenvalue weighted by atomic mass is 16.5. The third-order valence-electron chi connectivity index (χ3n) is 3.65. The highest BCUT2D eigenvalue weighted by Gasteiger charge is 2.21. The molecule has 0 aliphatic carbocycles. The average Bonchev–Trinajstić information content (AvgIpc) is 2.67. The van der Waals surface area contributed by atoms with E-state index in [1.807, 2.05) is 61.5 Å². The molecule has 0 bridgehead atoms. The molecule has 2 heterocycles. The van der Waals surface area contributed by atoms with Crippen LogP contribution in [0.3, 0.4) is 0 Å². The average molecular weight is 334 g/mol. The summed E-state index contributed by atoms with van der Waals surface area (Å²) in [5.41, 5.74) is 1.88. The predicted molar refractivity (Wildman–Crippen MR) is 94.3 cm³/mol. The third-order valence-corrected chi connectivity index (χ3v) is 3.65. The number of aromatic nitrogens is 3. The molecule has 0 spiro atoms. The van der Waals surface area contributed by atoms with Crippen LogP contribution in [0.4, 0.5) is 5.82 Å². The molecule has 0 saturated heterocycles. The van der Waals surface area contributed by atoms with Gasteiger partial charge in [0.2, 0.25) is 0 Å². The quantitative estimate of drug-likeness (QED) is 0.668. The summed E-state index contributed by atoms with van der Waals surface area (Å²) in [5, 5.41) is 7.98. The van der Waals surface area contributed by atoms with Crippen LogP contribution in [0.15, 0.2) is 67.0 Å². The van der Waals surface area contributed by atoms with E-state index in [0.29, 0.717) is 5.82 Å². The van der Waals surface area contributed by atoms with Gasteiger partial charge in [-0.3, -0.25) is 4.98 Å². The fourth-order valence-electron chi connectivity index (χ4n) is 2.33. The number of hydrogen-bond acceptors (Lipinski definition) is 6. The highest BCUT2D eigenvalue weighted by Crippen LogP contribution is 2.26. The van der Waals surface area contributed by atoms with Crippen LogP contribution in [0, 0.1) is 0 Å². The van der Waals surface area contributed by atoms with Crippen molar-refractivity contribution < 1.29 is 9.53 Å². The van der Waals surface area contributed by atoms with E-state index in [2.05, 4.69) is 15.2 Å². The number of carbonyl (C=O) groups is 1. The van der Waals surface area contributed by atoms with Crippen molar-refractivity contribution in [1.29, 1.82) is 0 Å². The lowest BCUT2D eigenvalue weighted by Gasteiger charge is -2.18. The number of nitrogens with zero attached hydrogens (tertiary/aromatic N) is 4. The molecule has 0 fully saturated rings. The van der Waals surface area contributed by atoms with Crippen molar-refractivity contribution in [2.45, 2.75) is 6.10 Å². The smallest absolute Gasteiger partial charge is 0.359 e. The molecule has 3 rings (SSSR count). The highest BCUT2D eigenvalue weighted by molar-refractivity contribution is 5.87. The van der Waals surface area contributed by atoms with Gasteiger partial charge in [0.1, 0.15) is 0 Å². The second-order valence-corrected chi connectivity index (χ2v) is 5.65. The normalized spacial score (nSPS) is 11.6. The van der Waals surface area contributed by atoms with Crippen LogP contribution in [0.25, 0.3) is 0 Å². The van der Waals surface area contributed by atoms with E-state index >= 15 is 0 Å². The van der Waals surface area contributed by atoms with Crippen molar-refractivity contribution in [2.75, 3.05) is 19.0 Å². The van der Waals surface area contributed by atoms with E-state index in [-0.39, 0.29) is 5.69 Å². The number of hydrogen-bond donors (Lipinski definition) is 0. The SMILES string of the molecule is CN(C)c1ccc(C(=O)O[C@H](c2ccccc2)c2ccncc2)nn1. The molecule has 0 aliphatic rings. The minimum absolute atomic E-state index is 0.167. The van der Waals surface area contributed by atoms with Crippen LogP contribution in [0.1, 0.15) is 27.7 Å². The van der Waals surface area contributed by atoms with Crippen LogP contribution in [0.2, 0.25) is 0 Å². The Morgan fingerprint density at radius 2 is 1.60 bits per heavy atom. The Morgan fingerprint density at radius 1 is 0.920 bits per heavy atom. The first-order valence-corrected chi connectivity index (χ1v) is 7.82. The van der Waals surface area contributed by atoms with E-state index in [4.69, 9.17) is 4.74 Å². The van der Waals surface area contributed by atoms with Crippen molar-refractivity contribution in [3.05, 3.63) is 83.8 Å². The van der Waals surface area contributed by atoms with E-state index < -0.39 is 12.1 Å². The fraction of sp³-hybridized carbons (Fsp3) is 0.158. The van der Waals surface area contributed by atoms with Crippen LogP contribution in [-0.4, -0.2) is 35.2 Å². The van der Waals surface area contributed by atoms with Gasteiger partial charge in [-0.1, -0.05) is 30.3 Å². The van der Waals surface area contributed by atoms with Gasteiger partial charge in [0.25, 0.3) is 0 Å². The van der Waals surface area contributed by atoms with Crippen molar-refractivity contribution in [2.24, 2.45) is 0 Å². The van der Waals surface area contributed by atoms with Crippen LogP contribution in [0.5, 0.6) is 0 Å². The summed E-state index contributed by atoms with van der Waals surface area (Å²) in [5.74, 6) is 0.147. The van der Waals surface area contributed by atoms with Gasteiger partial charge >= 0.3 is 5.97 Å². The maximum absolute atomic E-state index is 12.5. The molecule has 25 heavy (non-hydrogen) atoms. The van der Waals surface area contributed by atoms with Crippen molar-refractivity contribution >= 4 is 11.8 Å². The molecule has 0 unspecified atom stereocenters. The third kappa shape index (κ3) is 3.98. The van der Waals surface area contributed by atoms with Gasteiger partial charge in [-0.2, -0.15) is 0 Å². The van der Waals surface area contributed by atoms with Gasteiger partial charge in [0.15, 0.2) is 17.6 Å². The van der Waals surface area contributed by atoms with Crippen molar-refractivity contribution in [1.82, 2.24) is 15.2 Å². The number of ether oxygens (including phenoxy) is 1. The van der Waals surface area contributed by atoms with Crippen molar-refractivity contribution in [3.63, 3.8) is 0 Å². The zero-order chi connectivity index (χ0) is 17.6. The number of esters is 1. The maximum atomic E-state index is 12.5.